The third-order valence-corrected chi connectivity index (χ3v) is 3.73. The Morgan fingerprint density at radius 2 is 1.57 bits per heavy atom. The van der Waals surface area contributed by atoms with Crippen molar-refractivity contribution in [1.29, 1.82) is 0 Å². The fourth-order valence-electron chi connectivity index (χ4n) is 1.74. The zero-order chi connectivity index (χ0) is 15.5. The van der Waals surface area contributed by atoms with Crippen LogP contribution in [0.3, 0.4) is 0 Å². The summed E-state index contributed by atoms with van der Waals surface area (Å²) in [5.41, 5.74) is 2.23. The summed E-state index contributed by atoms with van der Waals surface area (Å²) in [4.78, 5) is 1.99. The molecule has 110 valence electrons. The Labute approximate surface area is 124 Å². The summed E-state index contributed by atoms with van der Waals surface area (Å²) in [6, 6.07) is 13.5. The molecule has 6 nitrogen and oxygen atoms in total. The zero-order valence-corrected chi connectivity index (χ0v) is 12.6. The van der Waals surface area contributed by atoms with E-state index in [0.29, 0.717) is 5.69 Å². The van der Waals surface area contributed by atoms with Crippen LogP contribution in [0.4, 0.5) is 17.1 Å². The predicted octanol–water partition coefficient (Wildman–Crippen LogP) is 2.82. The molecule has 0 fully saturated rings. The fraction of sp³-hybridized carbons (Fsp3) is 0.143. The maximum absolute atomic E-state index is 11.2. The Hall–Kier alpha value is -2.25. The van der Waals surface area contributed by atoms with Gasteiger partial charge in [-0.25, -0.2) is 13.6 Å². The summed E-state index contributed by atoms with van der Waals surface area (Å²) < 4.78 is 22.3. The number of hydrogen-bond acceptors (Lipinski definition) is 5. The first-order valence-electron chi connectivity index (χ1n) is 6.19. The molecule has 0 aromatic heterocycles. The molecule has 0 bridgehead atoms. The lowest BCUT2D eigenvalue weighted by Gasteiger charge is -2.13. The van der Waals surface area contributed by atoms with Gasteiger partial charge in [0.1, 0.15) is 5.69 Å². The van der Waals surface area contributed by atoms with Gasteiger partial charge in [-0.1, -0.05) is 12.1 Å². The highest BCUT2D eigenvalue weighted by atomic mass is 32.2. The normalized spacial score (nSPS) is 11.8. The molecule has 2 aromatic carbocycles. The second-order valence-corrected chi connectivity index (χ2v) is 6.18. The van der Waals surface area contributed by atoms with Gasteiger partial charge in [-0.2, -0.15) is 5.11 Å². The molecule has 2 N–H and O–H groups in total. The number of benzene rings is 2. The summed E-state index contributed by atoms with van der Waals surface area (Å²) in [6.07, 6.45) is 0. The van der Waals surface area contributed by atoms with E-state index in [9.17, 15) is 8.42 Å². The lowest BCUT2D eigenvalue weighted by Crippen LogP contribution is -2.11. The second-order valence-electron chi connectivity index (χ2n) is 4.62. The molecule has 0 atom stereocenters. The van der Waals surface area contributed by atoms with Crippen molar-refractivity contribution in [3.05, 3.63) is 48.5 Å². The minimum Gasteiger partial charge on any atom is -0.376 e. The van der Waals surface area contributed by atoms with Crippen LogP contribution in [0.2, 0.25) is 0 Å². The second kappa shape index (κ2) is 6.02. The number of anilines is 1. The summed E-state index contributed by atoms with van der Waals surface area (Å²) in [5.74, 6) is 0. The molecular formula is C14H16N4O2S. The quantitative estimate of drug-likeness (QED) is 0.881. The van der Waals surface area contributed by atoms with Crippen molar-refractivity contribution in [2.45, 2.75) is 4.90 Å². The first-order valence-corrected chi connectivity index (χ1v) is 7.73. The van der Waals surface area contributed by atoms with E-state index < -0.39 is 10.0 Å². The van der Waals surface area contributed by atoms with Crippen molar-refractivity contribution in [2.24, 2.45) is 15.4 Å². The minimum absolute atomic E-state index is 0.0511. The summed E-state index contributed by atoms with van der Waals surface area (Å²) >= 11 is 0. The third-order valence-electron chi connectivity index (χ3n) is 2.80. The lowest BCUT2D eigenvalue weighted by molar-refractivity contribution is 0.598. The van der Waals surface area contributed by atoms with Crippen LogP contribution in [0.25, 0.3) is 0 Å². The van der Waals surface area contributed by atoms with Gasteiger partial charge >= 0.3 is 0 Å². The third kappa shape index (κ3) is 3.87. The van der Waals surface area contributed by atoms with Crippen molar-refractivity contribution in [3.8, 4) is 0 Å². The molecule has 0 heterocycles. The van der Waals surface area contributed by atoms with Gasteiger partial charge in [0.15, 0.2) is 0 Å². The van der Waals surface area contributed by atoms with Crippen LogP contribution < -0.4 is 10.0 Å². The zero-order valence-electron chi connectivity index (χ0n) is 11.8. The van der Waals surface area contributed by atoms with Crippen LogP contribution in [0.1, 0.15) is 0 Å². The molecule has 0 amide bonds. The van der Waals surface area contributed by atoms with E-state index in [1.165, 1.54) is 12.1 Å². The van der Waals surface area contributed by atoms with E-state index in [1.54, 1.807) is 12.1 Å². The standard InChI is InChI=1S/C14H16N4O2S/c1-18(2)14-6-4-3-5-13(14)17-16-11-7-9-12(10-8-11)21(15,19)20/h3-10H,1-2H3,(H2,15,19,20). The molecule has 2 aromatic rings. The summed E-state index contributed by atoms with van der Waals surface area (Å²) in [7, 11) is 0.168. The van der Waals surface area contributed by atoms with E-state index in [-0.39, 0.29) is 4.90 Å². The maximum atomic E-state index is 11.2. The molecule has 0 spiro atoms. The molecule has 7 heteroatoms. The van der Waals surface area contributed by atoms with Crippen LogP contribution >= 0.6 is 0 Å². The van der Waals surface area contributed by atoms with E-state index in [2.05, 4.69) is 10.2 Å². The highest BCUT2D eigenvalue weighted by Gasteiger charge is 2.06. The first kappa shape index (κ1) is 15.1. The minimum atomic E-state index is -3.68. The Kier molecular flexibility index (Phi) is 4.35. The van der Waals surface area contributed by atoms with E-state index in [4.69, 9.17) is 5.14 Å². The van der Waals surface area contributed by atoms with E-state index in [1.807, 2.05) is 43.3 Å². The van der Waals surface area contributed by atoms with Gasteiger partial charge < -0.3 is 4.90 Å². The highest BCUT2D eigenvalue weighted by molar-refractivity contribution is 7.89. The number of azo groups is 1. The van der Waals surface area contributed by atoms with Crippen molar-refractivity contribution >= 4 is 27.1 Å². The molecule has 0 radical (unpaired) electrons. The Morgan fingerprint density at radius 3 is 2.14 bits per heavy atom. The number of nitrogens with two attached hydrogens (primary N) is 1. The number of rotatable bonds is 4. The van der Waals surface area contributed by atoms with Gasteiger partial charge in [-0.3, -0.25) is 0 Å². The molecule has 0 saturated heterocycles. The van der Waals surface area contributed by atoms with Crippen LogP contribution in [0.5, 0.6) is 0 Å². The number of sulfonamides is 1. The number of primary sulfonamides is 1. The topological polar surface area (TPSA) is 88.1 Å². The maximum Gasteiger partial charge on any atom is 0.238 e. The summed E-state index contributed by atoms with van der Waals surface area (Å²) in [5, 5.41) is 13.3. The fourth-order valence-corrected chi connectivity index (χ4v) is 2.26. The van der Waals surface area contributed by atoms with Crippen LogP contribution in [0, 0.1) is 0 Å². The SMILES string of the molecule is CN(C)c1ccccc1N=Nc1ccc(S(N)(=O)=O)cc1. The van der Waals surface area contributed by atoms with Gasteiger partial charge in [0, 0.05) is 14.1 Å². The molecule has 21 heavy (non-hydrogen) atoms. The van der Waals surface area contributed by atoms with Gasteiger partial charge in [-0.05, 0) is 36.4 Å². The van der Waals surface area contributed by atoms with Gasteiger partial charge in [0.2, 0.25) is 10.0 Å². The molecule has 0 aliphatic carbocycles. The monoisotopic (exact) mass is 304 g/mol. The Bertz CT molecular complexity index is 753. The van der Waals surface area contributed by atoms with Crippen molar-refractivity contribution < 1.29 is 8.42 Å². The van der Waals surface area contributed by atoms with Gasteiger partial charge in [-0.15, -0.1) is 5.11 Å². The average molecular weight is 304 g/mol. The van der Waals surface area contributed by atoms with E-state index >= 15 is 0 Å². The average Bonchev–Trinajstić information content (AvgIpc) is 2.45. The molecule has 0 unspecified atom stereocenters. The Balaban J connectivity index is 2.26. The lowest BCUT2D eigenvalue weighted by atomic mass is 10.2. The molecule has 0 aliphatic rings. The summed E-state index contributed by atoms with van der Waals surface area (Å²) in [6.45, 7) is 0. The van der Waals surface area contributed by atoms with Crippen LogP contribution in [-0.2, 0) is 10.0 Å². The van der Waals surface area contributed by atoms with E-state index in [0.717, 1.165) is 11.4 Å². The number of nitrogens with zero attached hydrogens (tertiary/aromatic N) is 3. The first-order chi connectivity index (χ1) is 9.88. The molecule has 0 aliphatic heterocycles. The van der Waals surface area contributed by atoms with Gasteiger partial charge in [0.25, 0.3) is 0 Å². The Morgan fingerprint density at radius 1 is 0.952 bits per heavy atom. The van der Waals surface area contributed by atoms with Crippen LogP contribution in [0.15, 0.2) is 63.7 Å². The largest absolute Gasteiger partial charge is 0.376 e. The predicted molar refractivity (Wildman–Crippen MR) is 82.8 cm³/mol. The van der Waals surface area contributed by atoms with Crippen molar-refractivity contribution in [1.82, 2.24) is 0 Å². The smallest absolute Gasteiger partial charge is 0.238 e. The molecular weight excluding hydrogens is 288 g/mol. The molecule has 0 saturated carbocycles. The highest BCUT2D eigenvalue weighted by Crippen LogP contribution is 2.28. The van der Waals surface area contributed by atoms with Crippen molar-refractivity contribution in [3.63, 3.8) is 0 Å². The van der Waals surface area contributed by atoms with Crippen molar-refractivity contribution in [2.75, 3.05) is 19.0 Å². The number of hydrogen-bond donors (Lipinski definition) is 1. The molecule has 2 rings (SSSR count). The number of para-hydroxylation sites is 1. The van der Waals surface area contributed by atoms with Gasteiger partial charge in [0.05, 0.1) is 16.3 Å². The van der Waals surface area contributed by atoms with Crippen LogP contribution in [-0.4, -0.2) is 22.5 Å².